The second-order valence-corrected chi connectivity index (χ2v) is 6.35. The van der Waals surface area contributed by atoms with Gasteiger partial charge in [-0.25, -0.2) is 0 Å². The van der Waals surface area contributed by atoms with Crippen LogP contribution in [0.3, 0.4) is 0 Å². The van der Waals surface area contributed by atoms with Crippen LogP contribution in [0.5, 0.6) is 0 Å². The van der Waals surface area contributed by atoms with Crippen LogP contribution in [0.25, 0.3) is 0 Å². The quantitative estimate of drug-likeness (QED) is 0.507. The highest BCUT2D eigenvalue weighted by molar-refractivity contribution is 8.11. The predicted octanol–water partition coefficient (Wildman–Crippen LogP) is 3.57. The first-order valence-electron chi connectivity index (χ1n) is 3.89. The van der Waals surface area contributed by atoms with Crippen molar-refractivity contribution >= 4 is 24.4 Å². The van der Waals surface area contributed by atoms with Crippen LogP contribution >= 0.6 is 24.4 Å². The lowest BCUT2D eigenvalue weighted by Gasteiger charge is -2.22. The zero-order chi connectivity index (χ0) is 8.20. The molecule has 2 heteroatoms. The number of rotatable bonds is 4. The molecule has 0 aliphatic rings. The zero-order valence-electron chi connectivity index (χ0n) is 7.35. The molecule has 62 valence electrons. The molecule has 0 aromatic carbocycles. The molecule has 0 saturated heterocycles. The smallest absolute Gasteiger partial charge is 0.0528 e. The molecule has 0 aliphatic heterocycles. The Morgan fingerprint density at radius 1 is 1.30 bits per heavy atom. The Kier molecular flexibility index (Phi) is 4.87. The van der Waals surface area contributed by atoms with E-state index in [2.05, 4.69) is 40.3 Å². The Balaban J connectivity index is 3.63. The molecule has 0 atom stereocenters. The summed E-state index contributed by atoms with van der Waals surface area (Å²) < 4.78 is 0.136. The molecule has 0 radical (unpaired) electrons. The van der Waals surface area contributed by atoms with Gasteiger partial charge < -0.3 is 0 Å². The van der Waals surface area contributed by atoms with Gasteiger partial charge in [0, 0.05) is 5.25 Å². The fourth-order valence-electron chi connectivity index (χ4n) is 0.863. The second kappa shape index (κ2) is 4.55. The lowest BCUT2D eigenvalue weighted by atomic mass is 10.3. The van der Waals surface area contributed by atoms with E-state index in [-0.39, 0.29) is 4.08 Å². The van der Waals surface area contributed by atoms with E-state index in [9.17, 15) is 0 Å². The molecule has 0 amide bonds. The Hall–Kier alpha value is 0.700. The maximum atomic E-state index is 4.46. The lowest BCUT2D eigenvalue weighted by Crippen LogP contribution is -2.11. The molecular weight excluding hydrogens is 160 g/mol. The van der Waals surface area contributed by atoms with Gasteiger partial charge in [-0.3, -0.25) is 0 Å². The molecule has 0 aromatic rings. The van der Waals surface area contributed by atoms with Crippen molar-refractivity contribution in [1.82, 2.24) is 0 Å². The third kappa shape index (κ3) is 5.48. The van der Waals surface area contributed by atoms with Gasteiger partial charge in [0.2, 0.25) is 0 Å². The molecule has 0 rings (SSSR count). The summed E-state index contributed by atoms with van der Waals surface area (Å²) in [6.07, 6.45) is 2.51. The molecule has 0 bridgehead atoms. The summed E-state index contributed by atoms with van der Waals surface area (Å²) in [5.74, 6) is 0. The predicted molar refractivity (Wildman–Crippen MR) is 55.0 cm³/mol. The van der Waals surface area contributed by atoms with E-state index < -0.39 is 0 Å². The zero-order valence-corrected chi connectivity index (χ0v) is 9.06. The van der Waals surface area contributed by atoms with E-state index in [0.717, 1.165) is 5.25 Å². The standard InChI is InChI=1S/C8H18S2/c1-5-7(6-2)10-8(3,4)9/h7,9H,5-6H2,1-4H3. The van der Waals surface area contributed by atoms with Crippen molar-refractivity contribution in [2.24, 2.45) is 0 Å². The van der Waals surface area contributed by atoms with Crippen molar-refractivity contribution in [3.05, 3.63) is 0 Å². The van der Waals surface area contributed by atoms with Crippen LogP contribution in [0.15, 0.2) is 0 Å². The van der Waals surface area contributed by atoms with Gasteiger partial charge >= 0.3 is 0 Å². The summed E-state index contributed by atoms with van der Waals surface area (Å²) in [4.78, 5) is 0. The van der Waals surface area contributed by atoms with Crippen LogP contribution in [-0.2, 0) is 0 Å². The first-order valence-corrected chi connectivity index (χ1v) is 5.22. The number of hydrogen-bond donors (Lipinski definition) is 1. The third-order valence-corrected chi connectivity index (χ3v) is 3.26. The maximum absolute atomic E-state index is 4.46. The van der Waals surface area contributed by atoms with Crippen molar-refractivity contribution in [1.29, 1.82) is 0 Å². The average molecular weight is 178 g/mol. The van der Waals surface area contributed by atoms with Gasteiger partial charge in [0.05, 0.1) is 4.08 Å². The summed E-state index contributed by atoms with van der Waals surface area (Å²) in [6, 6.07) is 0. The van der Waals surface area contributed by atoms with Gasteiger partial charge in [-0.1, -0.05) is 13.8 Å². The molecule has 10 heavy (non-hydrogen) atoms. The van der Waals surface area contributed by atoms with Crippen molar-refractivity contribution in [2.45, 2.75) is 49.9 Å². The molecule has 0 unspecified atom stereocenters. The van der Waals surface area contributed by atoms with Gasteiger partial charge in [0.15, 0.2) is 0 Å². The first kappa shape index (κ1) is 10.7. The highest BCUT2D eigenvalue weighted by Gasteiger charge is 2.16. The van der Waals surface area contributed by atoms with E-state index >= 15 is 0 Å². The van der Waals surface area contributed by atoms with Crippen LogP contribution in [0.2, 0.25) is 0 Å². The van der Waals surface area contributed by atoms with Crippen LogP contribution in [0, 0.1) is 0 Å². The van der Waals surface area contributed by atoms with Crippen molar-refractivity contribution in [2.75, 3.05) is 0 Å². The highest BCUT2D eigenvalue weighted by atomic mass is 32.2. The molecule has 0 aromatic heterocycles. The van der Waals surface area contributed by atoms with E-state index in [1.54, 1.807) is 0 Å². The Bertz CT molecular complexity index is 79.7. The molecule has 0 N–H and O–H groups in total. The average Bonchev–Trinajstić information content (AvgIpc) is 1.81. The minimum absolute atomic E-state index is 0.136. The molecular formula is C8H18S2. The molecule has 0 aliphatic carbocycles. The number of thioether (sulfide) groups is 1. The summed E-state index contributed by atoms with van der Waals surface area (Å²) >= 11 is 6.43. The Morgan fingerprint density at radius 3 is 1.80 bits per heavy atom. The summed E-state index contributed by atoms with van der Waals surface area (Å²) in [5.41, 5.74) is 0. The van der Waals surface area contributed by atoms with Crippen LogP contribution in [-0.4, -0.2) is 9.33 Å². The van der Waals surface area contributed by atoms with Crippen LogP contribution in [0.1, 0.15) is 40.5 Å². The van der Waals surface area contributed by atoms with Gasteiger partial charge in [-0.05, 0) is 26.7 Å². The van der Waals surface area contributed by atoms with Gasteiger partial charge in [-0.15, -0.1) is 11.8 Å². The van der Waals surface area contributed by atoms with Gasteiger partial charge in [-0.2, -0.15) is 12.6 Å². The molecule has 0 spiro atoms. The minimum Gasteiger partial charge on any atom is -0.162 e. The summed E-state index contributed by atoms with van der Waals surface area (Å²) in [6.45, 7) is 8.78. The monoisotopic (exact) mass is 178 g/mol. The largest absolute Gasteiger partial charge is 0.162 e. The van der Waals surface area contributed by atoms with Crippen molar-refractivity contribution in [3.63, 3.8) is 0 Å². The van der Waals surface area contributed by atoms with Gasteiger partial charge in [0.25, 0.3) is 0 Å². The van der Waals surface area contributed by atoms with Crippen LogP contribution < -0.4 is 0 Å². The van der Waals surface area contributed by atoms with Crippen molar-refractivity contribution < 1.29 is 0 Å². The van der Waals surface area contributed by atoms with Crippen LogP contribution in [0.4, 0.5) is 0 Å². The Morgan fingerprint density at radius 2 is 1.70 bits per heavy atom. The van der Waals surface area contributed by atoms with E-state index in [1.807, 2.05) is 11.8 Å². The lowest BCUT2D eigenvalue weighted by molar-refractivity contribution is 0.784. The van der Waals surface area contributed by atoms with E-state index in [1.165, 1.54) is 12.8 Å². The summed E-state index contributed by atoms with van der Waals surface area (Å²) in [5, 5.41) is 0.785. The normalized spacial score (nSPS) is 12.6. The number of thiol groups is 1. The van der Waals surface area contributed by atoms with E-state index in [4.69, 9.17) is 0 Å². The highest BCUT2D eigenvalue weighted by Crippen LogP contribution is 2.34. The summed E-state index contributed by atoms with van der Waals surface area (Å²) in [7, 11) is 0. The van der Waals surface area contributed by atoms with Gasteiger partial charge in [0.1, 0.15) is 0 Å². The minimum atomic E-state index is 0.136. The first-order chi connectivity index (χ1) is 4.49. The maximum Gasteiger partial charge on any atom is 0.0528 e. The fraction of sp³-hybridized carbons (Fsp3) is 1.00. The number of hydrogen-bond acceptors (Lipinski definition) is 2. The third-order valence-electron chi connectivity index (χ3n) is 1.37. The molecule has 0 nitrogen and oxygen atoms in total. The molecule has 0 heterocycles. The topological polar surface area (TPSA) is 0 Å². The van der Waals surface area contributed by atoms with Crippen molar-refractivity contribution in [3.8, 4) is 0 Å². The molecule has 0 fully saturated rings. The second-order valence-electron chi connectivity index (χ2n) is 3.00. The van der Waals surface area contributed by atoms with E-state index in [0.29, 0.717) is 0 Å². The Labute approximate surface area is 74.6 Å². The SMILES string of the molecule is CCC(CC)SC(C)(C)S. The fourth-order valence-corrected chi connectivity index (χ4v) is 2.46. The molecule has 0 saturated carbocycles.